The van der Waals surface area contributed by atoms with Gasteiger partial charge in [-0.15, -0.1) is 0 Å². The predicted molar refractivity (Wildman–Crippen MR) is 63.3 cm³/mol. The molecule has 0 bridgehead atoms. The first-order valence-electron chi connectivity index (χ1n) is 6.36. The van der Waals surface area contributed by atoms with Crippen molar-refractivity contribution >= 4 is 5.97 Å². The Morgan fingerprint density at radius 1 is 1.38 bits per heavy atom. The number of carboxylic acids is 1. The minimum absolute atomic E-state index is 0.610. The zero-order valence-corrected chi connectivity index (χ0v) is 9.74. The molecule has 1 atom stereocenters. The maximum atomic E-state index is 11.3. The number of allylic oxidation sites excluding steroid dienone is 2. The maximum Gasteiger partial charge on any atom is 0.323 e. The second kappa shape index (κ2) is 5.00. The molecule has 0 aromatic heterocycles. The normalized spacial score (nSPS) is 28.1. The van der Waals surface area contributed by atoms with E-state index in [1.807, 2.05) is 0 Å². The Bertz CT molecular complexity index is 280. The molecule has 16 heavy (non-hydrogen) atoms. The van der Waals surface area contributed by atoms with E-state index in [-0.39, 0.29) is 0 Å². The van der Waals surface area contributed by atoms with Crippen molar-refractivity contribution in [2.24, 2.45) is 5.92 Å². The third-order valence-electron chi connectivity index (χ3n) is 3.97. The number of hydrogen-bond donors (Lipinski definition) is 2. The molecule has 3 heteroatoms. The summed E-state index contributed by atoms with van der Waals surface area (Å²) in [7, 11) is 0. The fraction of sp³-hybridized carbons (Fsp3) is 0.769. The molecule has 0 aromatic carbocycles. The van der Waals surface area contributed by atoms with Crippen LogP contribution in [0.25, 0.3) is 0 Å². The van der Waals surface area contributed by atoms with E-state index in [4.69, 9.17) is 0 Å². The van der Waals surface area contributed by atoms with E-state index in [9.17, 15) is 9.90 Å². The molecule has 1 saturated carbocycles. The molecule has 0 amide bonds. The molecule has 3 nitrogen and oxygen atoms in total. The number of carboxylic acid groups (broad SMARTS) is 1. The lowest BCUT2D eigenvalue weighted by molar-refractivity contribution is -0.144. The van der Waals surface area contributed by atoms with E-state index in [0.717, 1.165) is 45.1 Å². The van der Waals surface area contributed by atoms with Gasteiger partial charge in [0.1, 0.15) is 5.54 Å². The van der Waals surface area contributed by atoms with Gasteiger partial charge in [-0.25, -0.2) is 0 Å². The molecule has 0 aliphatic heterocycles. The Kier molecular flexibility index (Phi) is 3.64. The van der Waals surface area contributed by atoms with Crippen LogP contribution in [-0.4, -0.2) is 23.2 Å². The summed E-state index contributed by atoms with van der Waals surface area (Å²) < 4.78 is 0. The molecule has 0 heterocycles. The highest BCUT2D eigenvalue weighted by molar-refractivity contribution is 5.79. The van der Waals surface area contributed by atoms with Crippen molar-refractivity contribution in [2.45, 2.75) is 50.5 Å². The number of aliphatic carboxylic acids is 1. The second-order valence-electron chi connectivity index (χ2n) is 5.13. The summed E-state index contributed by atoms with van der Waals surface area (Å²) in [6, 6.07) is 0. The Labute approximate surface area is 96.9 Å². The average molecular weight is 223 g/mol. The van der Waals surface area contributed by atoms with Crippen molar-refractivity contribution in [3.63, 3.8) is 0 Å². The van der Waals surface area contributed by atoms with Crippen LogP contribution in [0.5, 0.6) is 0 Å². The van der Waals surface area contributed by atoms with Gasteiger partial charge in [-0.1, -0.05) is 25.0 Å². The summed E-state index contributed by atoms with van der Waals surface area (Å²) >= 11 is 0. The zero-order chi connectivity index (χ0) is 11.4. The molecule has 0 spiro atoms. The van der Waals surface area contributed by atoms with Crippen LogP contribution >= 0.6 is 0 Å². The molecule has 0 saturated heterocycles. The van der Waals surface area contributed by atoms with Crippen molar-refractivity contribution in [1.82, 2.24) is 5.32 Å². The standard InChI is InChI=1S/C13H21NO2/c15-12(16)13(8-4-5-9-13)14-10-11-6-2-1-3-7-11/h1-2,11,14H,3-10H2,(H,15,16). The van der Waals surface area contributed by atoms with Crippen molar-refractivity contribution in [3.8, 4) is 0 Å². The molecular formula is C13H21NO2. The topological polar surface area (TPSA) is 49.3 Å². The average Bonchev–Trinajstić information content (AvgIpc) is 2.78. The Hall–Kier alpha value is -0.830. The summed E-state index contributed by atoms with van der Waals surface area (Å²) in [4.78, 5) is 11.3. The van der Waals surface area contributed by atoms with Crippen LogP contribution in [0.4, 0.5) is 0 Å². The third kappa shape index (κ3) is 2.46. The fourth-order valence-corrected chi connectivity index (χ4v) is 2.83. The maximum absolute atomic E-state index is 11.3. The summed E-state index contributed by atoms with van der Waals surface area (Å²) in [5.41, 5.74) is -0.610. The molecule has 90 valence electrons. The predicted octanol–water partition coefficient (Wildman–Crippen LogP) is 2.33. The van der Waals surface area contributed by atoms with Crippen molar-refractivity contribution in [2.75, 3.05) is 6.54 Å². The molecule has 2 aliphatic carbocycles. The van der Waals surface area contributed by atoms with Crippen LogP contribution in [0.2, 0.25) is 0 Å². The molecule has 1 fully saturated rings. The van der Waals surface area contributed by atoms with E-state index in [1.54, 1.807) is 0 Å². The quantitative estimate of drug-likeness (QED) is 0.719. The van der Waals surface area contributed by atoms with E-state index >= 15 is 0 Å². The van der Waals surface area contributed by atoms with Gasteiger partial charge in [0.05, 0.1) is 0 Å². The van der Waals surface area contributed by atoms with Crippen LogP contribution in [0, 0.1) is 5.92 Å². The molecule has 1 unspecified atom stereocenters. The summed E-state index contributed by atoms with van der Waals surface area (Å²) in [6.07, 6.45) is 11.6. The van der Waals surface area contributed by atoms with Gasteiger partial charge < -0.3 is 10.4 Å². The fourth-order valence-electron chi connectivity index (χ4n) is 2.83. The monoisotopic (exact) mass is 223 g/mol. The highest BCUT2D eigenvalue weighted by atomic mass is 16.4. The first-order valence-corrected chi connectivity index (χ1v) is 6.36. The first-order chi connectivity index (χ1) is 7.73. The molecular weight excluding hydrogens is 202 g/mol. The minimum atomic E-state index is -0.656. The van der Waals surface area contributed by atoms with Crippen LogP contribution in [0.1, 0.15) is 44.9 Å². The van der Waals surface area contributed by atoms with Crippen molar-refractivity contribution in [3.05, 3.63) is 12.2 Å². The summed E-state index contributed by atoms with van der Waals surface area (Å²) in [5.74, 6) is -0.0295. The zero-order valence-electron chi connectivity index (χ0n) is 9.74. The highest BCUT2D eigenvalue weighted by Crippen LogP contribution is 2.30. The van der Waals surface area contributed by atoms with Gasteiger partial charge in [0.15, 0.2) is 0 Å². The highest BCUT2D eigenvalue weighted by Gasteiger charge is 2.40. The SMILES string of the molecule is O=C(O)C1(NCC2CC=CCC2)CCCC1. The van der Waals surface area contributed by atoms with E-state index < -0.39 is 11.5 Å². The lowest BCUT2D eigenvalue weighted by Gasteiger charge is -2.28. The van der Waals surface area contributed by atoms with Crippen molar-refractivity contribution in [1.29, 1.82) is 0 Å². The first kappa shape index (κ1) is 11.6. The van der Waals surface area contributed by atoms with Crippen molar-refractivity contribution < 1.29 is 9.90 Å². The van der Waals surface area contributed by atoms with Gasteiger partial charge >= 0.3 is 5.97 Å². The minimum Gasteiger partial charge on any atom is -0.480 e. The number of hydrogen-bond acceptors (Lipinski definition) is 2. The third-order valence-corrected chi connectivity index (χ3v) is 3.97. The van der Waals surface area contributed by atoms with Crippen LogP contribution in [-0.2, 0) is 4.79 Å². The summed E-state index contributed by atoms with van der Waals surface area (Å²) in [6.45, 7) is 0.858. The van der Waals surface area contributed by atoms with Crippen LogP contribution in [0.3, 0.4) is 0 Å². The van der Waals surface area contributed by atoms with Crippen LogP contribution < -0.4 is 5.32 Å². The van der Waals surface area contributed by atoms with E-state index in [1.165, 1.54) is 6.42 Å². The molecule has 2 N–H and O–H groups in total. The van der Waals surface area contributed by atoms with Gasteiger partial charge in [0.2, 0.25) is 0 Å². The smallest absolute Gasteiger partial charge is 0.323 e. The van der Waals surface area contributed by atoms with Crippen LogP contribution in [0.15, 0.2) is 12.2 Å². The summed E-state index contributed by atoms with van der Waals surface area (Å²) in [5, 5.41) is 12.6. The van der Waals surface area contributed by atoms with E-state index in [2.05, 4.69) is 17.5 Å². The van der Waals surface area contributed by atoms with Gasteiger partial charge in [-0.3, -0.25) is 4.79 Å². The largest absolute Gasteiger partial charge is 0.480 e. The number of rotatable bonds is 4. The molecule has 0 radical (unpaired) electrons. The Balaban J connectivity index is 1.87. The molecule has 0 aromatic rings. The number of carbonyl (C=O) groups is 1. The Morgan fingerprint density at radius 3 is 2.69 bits per heavy atom. The lowest BCUT2D eigenvalue weighted by atomic mass is 9.91. The number of nitrogens with one attached hydrogen (secondary N) is 1. The van der Waals surface area contributed by atoms with Gasteiger partial charge in [-0.05, 0) is 44.6 Å². The van der Waals surface area contributed by atoms with Gasteiger partial charge in [0.25, 0.3) is 0 Å². The molecule has 2 aliphatic rings. The second-order valence-corrected chi connectivity index (χ2v) is 5.13. The molecule has 2 rings (SSSR count). The Morgan fingerprint density at radius 2 is 2.12 bits per heavy atom. The van der Waals surface area contributed by atoms with Gasteiger partial charge in [-0.2, -0.15) is 0 Å². The van der Waals surface area contributed by atoms with E-state index in [0.29, 0.717) is 5.92 Å². The lowest BCUT2D eigenvalue weighted by Crippen LogP contribution is -2.51. The van der Waals surface area contributed by atoms with Gasteiger partial charge in [0, 0.05) is 0 Å².